The topological polar surface area (TPSA) is 76.1 Å². The summed E-state index contributed by atoms with van der Waals surface area (Å²) in [6, 6.07) is 13.7. The average molecular weight is 433 g/mol. The van der Waals surface area contributed by atoms with Gasteiger partial charge in [-0.3, -0.25) is 4.79 Å². The Morgan fingerprint density at radius 3 is 2.47 bits per heavy atom. The highest BCUT2D eigenvalue weighted by Gasteiger charge is 2.25. The summed E-state index contributed by atoms with van der Waals surface area (Å²) >= 11 is 1.03. The zero-order valence-electron chi connectivity index (χ0n) is 15.8. The van der Waals surface area contributed by atoms with Crippen molar-refractivity contribution in [3.63, 3.8) is 0 Å². The lowest BCUT2D eigenvalue weighted by Crippen LogP contribution is -2.33. The predicted molar refractivity (Wildman–Crippen MR) is 108 cm³/mol. The highest BCUT2D eigenvalue weighted by atomic mass is 32.1. The summed E-state index contributed by atoms with van der Waals surface area (Å²) in [6.07, 6.45) is -1.55. The van der Waals surface area contributed by atoms with Gasteiger partial charge < -0.3 is 19.5 Å². The van der Waals surface area contributed by atoms with E-state index in [1.807, 2.05) is 30.3 Å². The molecule has 3 aromatic rings. The molecule has 0 atom stereocenters. The van der Waals surface area contributed by atoms with E-state index >= 15 is 0 Å². The van der Waals surface area contributed by atoms with Gasteiger partial charge in [0.2, 0.25) is 5.06 Å². The first-order chi connectivity index (χ1) is 14.4. The number of carbonyl (C=O) groups excluding carboxylic acids is 1. The van der Waals surface area contributed by atoms with Gasteiger partial charge in [0.15, 0.2) is 0 Å². The van der Waals surface area contributed by atoms with Gasteiger partial charge in [-0.1, -0.05) is 47.7 Å². The predicted octanol–water partition coefficient (Wildman–Crippen LogP) is 4.93. The quantitative estimate of drug-likeness (QED) is 0.535. The minimum absolute atomic E-state index is 0.0478. The zero-order chi connectivity index (χ0) is 21.7. The van der Waals surface area contributed by atoms with Gasteiger partial charge in [0.1, 0.15) is 18.2 Å². The standard InChI is InChI=1S/C21H17F2NO5S/c1-28-12-19(25)24(11-14-7-8-15(22)9-16(14)23)17-10-18(13-5-3-2-4-6-13)30-20(17)29-21(26)27/h2-10H,11-12H2,1H3,(H,26,27). The zero-order valence-corrected chi connectivity index (χ0v) is 16.6. The van der Waals surface area contributed by atoms with Crippen molar-refractivity contribution in [3.05, 3.63) is 71.8 Å². The first-order valence-corrected chi connectivity index (χ1v) is 9.54. The number of thiophene rings is 1. The summed E-state index contributed by atoms with van der Waals surface area (Å²) in [6.45, 7) is -0.596. The third-order valence-electron chi connectivity index (χ3n) is 4.12. The number of methoxy groups -OCH3 is 1. The number of hydrogen-bond donors (Lipinski definition) is 1. The second-order valence-corrected chi connectivity index (χ2v) is 7.18. The maximum Gasteiger partial charge on any atom is 0.512 e. The van der Waals surface area contributed by atoms with Gasteiger partial charge in [0, 0.05) is 23.6 Å². The maximum atomic E-state index is 14.2. The number of carbonyl (C=O) groups is 2. The normalized spacial score (nSPS) is 10.6. The lowest BCUT2D eigenvalue weighted by molar-refractivity contribution is -0.122. The third kappa shape index (κ3) is 5.00. The molecule has 0 spiro atoms. The van der Waals surface area contributed by atoms with Gasteiger partial charge in [-0.2, -0.15) is 0 Å². The number of nitrogens with zero attached hydrogens (tertiary/aromatic N) is 1. The second-order valence-electron chi connectivity index (χ2n) is 6.17. The molecule has 156 valence electrons. The molecule has 9 heteroatoms. The van der Waals surface area contributed by atoms with Gasteiger partial charge in [-0.25, -0.2) is 13.6 Å². The first-order valence-electron chi connectivity index (χ1n) is 8.72. The van der Waals surface area contributed by atoms with Crippen LogP contribution in [0.4, 0.5) is 19.3 Å². The van der Waals surface area contributed by atoms with Crippen molar-refractivity contribution in [2.24, 2.45) is 0 Å². The minimum Gasteiger partial charge on any atom is -0.449 e. The Bertz CT molecular complexity index is 1050. The molecule has 0 aliphatic rings. The summed E-state index contributed by atoms with van der Waals surface area (Å²) in [5.41, 5.74) is 0.984. The Kier molecular flexibility index (Phi) is 6.76. The summed E-state index contributed by atoms with van der Waals surface area (Å²) < 4.78 is 37.3. The third-order valence-corrected chi connectivity index (χ3v) is 5.17. The van der Waals surface area contributed by atoms with Crippen LogP contribution in [0.15, 0.2) is 54.6 Å². The number of halogens is 2. The maximum absolute atomic E-state index is 14.2. The molecular formula is C21H17F2NO5S. The molecule has 1 amide bonds. The second kappa shape index (κ2) is 9.47. The van der Waals surface area contributed by atoms with Gasteiger partial charge >= 0.3 is 6.16 Å². The Morgan fingerprint density at radius 2 is 1.83 bits per heavy atom. The molecule has 1 N–H and O–H groups in total. The van der Waals surface area contributed by atoms with E-state index in [9.17, 15) is 18.4 Å². The number of ether oxygens (including phenoxy) is 2. The smallest absolute Gasteiger partial charge is 0.449 e. The van der Waals surface area contributed by atoms with E-state index in [-0.39, 0.29) is 29.5 Å². The highest BCUT2D eigenvalue weighted by Crippen LogP contribution is 2.43. The fourth-order valence-corrected chi connectivity index (χ4v) is 3.79. The van der Waals surface area contributed by atoms with Gasteiger partial charge in [-0.05, 0) is 17.7 Å². The van der Waals surface area contributed by atoms with Crippen molar-refractivity contribution in [3.8, 4) is 15.5 Å². The van der Waals surface area contributed by atoms with Gasteiger partial charge in [0.05, 0.1) is 12.2 Å². The van der Waals surface area contributed by atoms with E-state index in [0.717, 1.165) is 27.9 Å². The van der Waals surface area contributed by atoms with Crippen molar-refractivity contribution in [1.29, 1.82) is 0 Å². The number of benzene rings is 2. The van der Waals surface area contributed by atoms with Crippen LogP contribution in [0.25, 0.3) is 10.4 Å². The lowest BCUT2D eigenvalue weighted by Gasteiger charge is -2.22. The van der Waals surface area contributed by atoms with Crippen LogP contribution in [0.1, 0.15) is 5.56 Å². The molecule has 1 aromatic heterocycles. The Balaban J connectivity index is 2.07. The Labute approximate surface area is 174 Å². The molecule has 6 nitrogen and oxygen atoms in total. The van der Waals surface area contributed by atoms with Crippen LogP contribution < -0.4 is 9.64 Å². The lowest BCUT2D eigenvalue weighted by atomic mass is 10.1. The number of amides is 1. The van der Waals surface area contributed by atoms with E-state index in [1.165, 1.54) is 13.2 Å². The van der Waals surface area contributed by atoms with Crippen LogP contribution in [0.5, 0.6) is 5.06 Å². The largest absolute Gasteiger partial charge is 0.512 e. The van der Waals surface area contributed by atoms with E-state index in [1.54, 1.807) is 6.07 Å². The number of rotatable bonds is 7. The molecule has 30 heavy (non-hydrogen) atoms. The SMILES string of the molecule is COCC(=O)N(Cc1ccc(F)cc1F)c1cc(-c2ccccc2)sc1OC(=O)O. The summed E-state index contributed by atoms with van der Waals surface area (Å²) in [5.74, 6) is -2.12. The molecule has 0 aliphatic heterocycles. The fourth-order valence-electron chi connectivity index (χ4n) is 2.78. The Morgan fingerprint density at radius 1 is 1.10 bits per heavy atom. The molecule has 0 unspecified atom stereocenters. The average Bonchev–Trinajstić information content (AvgIpc) is 3.11. The minimum atomic E-state index is -1.55. The number of anilines is 1. The molecule has 0 radical (unpaired) electrons. The van der Waals surface area contributed by atoms with Gasteiger partial charge in [0.25, 0.3) is 5.91 Å². The molecule has 0 fully saturated rings. The van der Waals surface area contributed by atoms with Crippen molar-refractivity contribution in [1.82, 2.24) is 0 Å². The van der Waals surface area contributed by atoms with E-state index < -0.39 is 23.7 Å². The van der Waals surface area contributed by atoms with Crippen molar-refractivity contribution in [2.75, 3.05) is 18.6 Å². The van der Waals surface area contributed by atoms with E-state index in [4.69, 9.17) is 14.6 Å². The van der Waals surface area contributed by atoms with Crippen LogP contribution in [0.3, 0.4) is 0 Å². The van der Waals surface area contributed by atoms with Crippen LogP contribution in [-0.4, -0.2) is 30.9 Å². The van der Waals surface area contributed by atoms with Crippen LogP contribution in [0, 0.1) is 11.6 Å². The van der Waals surface area contributed by atoms with Crippen molar-refractivity contribution in [2.45, 2.75) is 6.54 Å². The summed E-state index contributed by atoms with van der Waals surface area (Å²) in [4.78, 5) is 25.7. The van der Waals surface area contributed by atoms with Crippen LogP contribution >= 0.6 is 11.3 Å². The first kappa shape index (κ1) is 21.4. The number of hydrogen-bond acceptors (Lipinski definition) is 5. The summed E-state index contributed by atoms with van der Waals surface area (Å²) in [5, 5.41) is 9.07. The molecule has 2 aromatic carbocycles. The molecule has 0 bridgehead atoms. The van der Waals surface area contributed by atoms with Crippen LogP contribution in [0.2, 0.25) is 0 Å². The molecule has 3 rings (SSSR count). The molecule has 1 heterocycles. The van der Waals surface area contributed by atoms with Gasteiger partial charge in [-0.15, -0.1) is 0 Å². The Hall–Kier alpha value is -3.30. The van der Waals surface area contributed by atoms with Crippen molar-refractivity contribution < 1.29 is 33.0 Å². The van der Waals surface area contributed by atoms with E-state index in [2.05, 4.69) is 0 Å². The fraction of sp³-hybridized carbons (Fsp3) is 0.143. The number of carboxylic acid groups (broad SMARTS) is 1. The van der Waals surface area contributed by atoms with E-state index in [0.29, 0.717) is 10.9 Å². The molecular weight excluding hydrogens is 416 g/mol. The molecule has 0 saturated heterocycles. The van der Waals surface area contributed by atoms with Crippen molar-refractivity contribution >= 4 is 29.1 Å². The highest BCUT2D eigenvalue weighted by molar-refractivity contribution is 7.18. The molecule has 0 saturated carbocycles. The molecule has 0 aliphatic carbocycles. The summed E-state index contributed by atoms with van der Waals surface area (Å²) in [7, 11) is 1.33. The van der Waals surface area contributed by atoms with Crippen LogP contribution in [-0.2, 0) is 16.1 Å². The monoisotopic (exact) mass is 433 g/mol.